The number of hydrogen-bond donors (Lipinski definition) is 0. The number of hydrogen-bond acceptors (Lipinski definition) is 4. The van der Waals surface area contributed by atoms with Crippen LogP contribution in [0.2, 0.25) is 0 Å². The van der Waals surface area contributed by atoms with Gasteiger partial charge >= 0.3 is 6.01 Å². The Balaban J connectivity index is 2.29. The number of ether oxygens (including phenoxy) is 1. The zero-order valence-electron chi connectivity index (χ0n) is 9.75. The SMILES string of the molecule is CCC(=O)c1ccccc1Oc1ncn(C)n1. The topological polar surface area (TPSA) is 57.0 Å². The first kappa shape index (κ1) is 11.3. The van der Waals surface area contributed by atoms with Gasteiger partial charge in [0, 0.05) is 13.5 Å². The summed E-state index contributed by atoms with van der Waals surface area (Å²) < 4.78 is 7.03. The second-order valence-electron chi connectivity index (χ2n) is 3.58. The van der Waals surface area contributed by atoms with Gasteiger partial charge in [0.1, 0.15) is 12.1 Å². The van der Waals surface area contributed by atoms with E-state index < -0.39 is 0 Å². The lowest BCUT2D eigenvalue weighted by atomic mass is 10.1. The van der Waals surface area contributed by atoms with E-state index in [9.17, 15) is 4.79 Å². The lowest BCUT2D eigenvalue weighted by Gasteiger charge is -2.06. The summed E-state index contributed by atoms with van der Waals surface area (Å²) in [7, 11) is 1.75. The third-order valence-electron chi connectivity index (χ3n) is 2.29. The first-order valence-corrected chi connectivity index (χ1v) is 5.36. The maximum Gasteiger partial charge on any atom is 0.341 e. The highest BCUT2D eigenvalue weighted by Gasteiger charge is 2.12. The molecule has 2 aromatic rings. The van der Waals surface area contributed by atoms with Crippen molar-refractivity contribution < 1.29 is 9.53 Å². The summed E-state index contributed by atoms with van der Waals surface area (Å²) in [5, 5.41) is 4.00. The van der Waals surface area contributed by atoms with Crippen molar-refractivity contribution >= 4 is 5.78 Å². The smallest absolute Gasteiger partial charge is 0.341 e. The molecule has 0 saturated carbocycles. The molecule has 5 nitrogen and oxygen atoms in total. The van der Waals surface area contributed by atoms with Gasteiger partial charge in [0.25, 0.3) is 0 Å². The molecule has 5 heteroatoms. The fourth-order valence-electron chi connectivity index (χ4n) is 1.44. The molecular formula is C12H13N3O2. The Labute approximate surface area is 99.1 Å². The molecule has 17 heavy (non-hydrogen) atoms. The minimum atomic E-state index is 0.0385. The zero-order valence-corrected chi connectivity index (χ0v) is 9.75. The zero-order chi connectivity index (χ0) is 12.3. The van der Waals surface area contributed by atoms with Gasteiger partial charge in [-0.15, -0.1) is 5.10 Å². The number of carbonyl (C=O) groups is 1. The van der Waals surface area contributed by atoms with Crippen LogP contribution in [0.3, 0.4) is 0 Å². The molecule has 0 N–H and O–H groups in total. The number of aryl methyl sites for hydroxylation is 1. The third-order valence-corrected chi connectivity index (χ3v) is 2.29. The van der Waals surface area contributed by atoms with Gasteiger partial charge in [-0.3, -0.25) is 9.48 Å². The van der Waals surface area contributed by atoms with Crippen LogP contribution in [0.5, 0.6) is 11.8 Å². The molecule has 0 bridgehead atoms. The van der Waals surface area contributed by atoms with E-state index in [0.717, 1.165) is 0 Å². The van der Waals surface area contributed by atoms with E-state index in [2.05, 4.69) is 10.1 Å². The quantitative estimate of drug-likeness (QED) is 0.757. The van der Waals surface area contributed by atoms with Crippen molar-refractivity contribution in [2.75, 3.05) is 0 Å². The summed E-state index contributed by atoms with van der Waals surface area (Å²) >= 11 is 0. The van der Waals surface area contributed by atoms with E-state index in [4.69, 9.17) is 4.74 Å². The molecule has 0 aliphatic heterocycles. The summed E-state index contributed by atoms with van der Waals surface area (Å²) in [5.74, 6) is 0.530. The van der Waals surface area contributed by atoms with Crippen molar-refractivity contribution in [2.24, 2.45) is 7.05 Å². The molecule has 1 aromatic heterocycles. The monoisotopic (exact) mass is 231 g/mol. The Morgan fingerprint density at radius 1 is 1.41 bits per heavy atom. The average Bonchev–Trinajstić information content (AvgIpc) is 2.74. The van der Waals surface area contributed by atoms with E-state index in [0.29, 0.717) is 17.7 Å². The van der Waals surface area contributed by atoms with Crippen molar-refractivity contribution in [2.45, 2.75) is 13.3 Å². The van der Waals surface area contributed by atoms with E-state index in [1.807, 2.05) is 19.1 Å². The van der Waals surface area contributed by atoms with Crippen LogP contribution in [0.1, 0.15) is 23.7 Å². The molecule has 0 saturated heterocycles. The van der Waals surface area contributed by atoms with Gasteiger partial charge in [-0.25, -0.2) is 0 Å². The molecule has 0 fully saturated rings. The first-order valence-electron chi connectivity index (χ1n) is 5.36. The predicted octanol–water partition coefficient (Wildman–Crippen LogP) is 2.20. The summed E-state index contributed by atoms with van der Waals surface area (Å²) in [5.41, 5.74) is 0.558. The molecule has 88 valence electrons. The van der Waals surface area contributed by atoms with Gasteiger partial charge in [0.05, 0.1) is 5.56 Å². The molecule has 1 heterocycles. The van der Waals surface area contributed by atoms with Crippen molar-refractivity contribution in [3.8, 4) is 11.8 Å². The number of nitrogens with zero attached hydrogens (tertiary/aromatic N) is 3. The second-order valence-corrected chi connectivity index (χ2v) is 3.58. The van der Waals surface area contributed by atoms with Crippen LogP contribution in [-0.2, 0) is 7.05 Å². The number of Topliss-reactive ketones (excluding diaryl/α,β-unsaturated/α-hetero) is 1. The van der Waals surface area contributed by atoms with Crippen LogP contribution in [0.4, 0.5) is 0 Å². The molecule has 0 aliphatic carbocycles. The van der Waals surface area contributed by atoms with Gasteiger partial charge < -0.3 is 4.74 Å². The van der Waals surface area contributed by atoms with E-state index >= 15 is 0 Å². The molecule has 0 aliphatic rings. The van der Waals surface area contributed by atoms with E-state index in [-0.39, 0.29) is 11.8 Å². The van der Waals surface area contributed by atoms with Crippen molar-refractivity contribution in [1.29, 1.82) is 0 Å². The number of aromatic nitrogens is 3. The minimum Gasteiger partial charge on any atom is -0.422 e. The van der Waals surface area contributed by atoms with Crippen molar-refractivity contribution in [1.82, 2.24) is 14.8 Å². The van der Waals surface area contributed by atoms with E-state index in [1.165, 1.54) is 0 Å². The fraction of sp³-hybridized carbons (Fsp3) is 0.250. The van der Waals surface area contributed by atoms with Crippen LogP contribution >= 0.6 is 0 Å². The lowest BCUT2D eigenvalue weighted by molar-refractivity contribution is 0.0986. The number of carbonyl (C=O) groups excluding carboxylic acids is 1. The second kappa shape index (κ2) is 4.78. The van der Waals surface area contributed by atoms with Gasteiger partial charge in [-0.1, -0.05) is 19.1 Å². The lowest BCUT2D eigenvalue weighted by Crippen LogP contribution is -2.00. The van der Waals surface area contributed by atoms with E-state index in [1.54, 1.807) is 30.2 Å². The Kier molecular flexibility index (Phi) is 3.18. The van der Waals surface area contributed by atoms with Crippen LogP contribution in [0.25, 0.3) is 0 Å². The number of ketones is 1. The molecule has 0 spiro atoms. The Bertz CT molecular complexity index is 534. The molecular weight excluding hydrogens is 218 g/mol. The van der Waals surface area contributed by atoms with Crippen LogP contribution < -0.4 is 4.74 Å². The van der Waals surface area contributed by atoms with Crippen molar-refractivity contribution in [3.05, 3.63) is 36.2 Å². The summed E-state index contributed by atoms with van der Waals surface area (Å²) in [6.07, 6.45) is 1.98. The third kappa shape index (κ3) is 2.50. The van der Waals surface area contributed by atoms with Gasteiger partial charge in [-0.05, 0) is 12.1 Å². The van der Waals surface area contributed by atoms with Crippen LogP contribution in [-0.4, -0.2) is 20.5 Å². The number of para-hydroxylation sites is 1. The number of rotatable bonds is 4. The normalized spacial score (nSPS) is 10.2. The Morgan fingerprint density at radius 3 is 2.82 bits per heavy atom. The minimum absolute atomic E-state index is 0.0385. The maximum absolute atomic E-state index is 11.7. The summed E-state index contributed by atoms with van der Waals surface area (Å²) in [6.45, 7) is 1.82. The average molecular weight is 231 g/mol. The van der Waals surface area contributed by atoms with Gasteiger partial charge in [0.15, 0.2) is 5.78 Å². The molecule has 1 aromatic carbocycles. The Hall–Kier alpha value is -2.17. The standard InChI is InChI=1S/C12H13N3O2/c1-3-10(16)9-6-4-5-7-11(9)17-12-13-8-15(2)14-12/h4-8H,3H2,1-2H3. The summed E-state index contributed by atoms with van der Waals surface area (Å²) in [6, 6.07) is 7.33. The molecule has 0 amide bonds. The largest absolute Gasteiger partial charge is 0.422 e. The predicted molar refractivity (Wildman–Crippen MR) is 62.1 cm³/mol. The van der Waals surface area contributed by atoms with Crippen LogP contribution in [0.15, 0.2) is 30.6 Å². The molecule has 2 rings (SSSR count). The molecule has 0 unspecified atom stereocenters. The highest BCUT2D eigenvalue weighted by Crippen LogP contribution is 2.23. The first-order chi connectivity index (χ1) is 8.20. The molecule has 0 radical (unpaired) electrons. The van der Waals surface area contributed by atoms with Crippen LogP contribution in [0, 0.1) is 0 Å². The highest BCUT2D eigenvalue weighted by atomic mass is 16.5. The fourth-order valence-corrected chi connectivity index (χ4v) is 1.44. The van der Waals surface area contributed by atoms with Gasteiger partial charge in [0.2, 0.25) is 0 Å². The van der Waals surface area contributed by atoms with Gasteiger partial charge in [-0.2, -0.15) is 4.98 Å². The Morgan fingerprint density at radius 2 is 2.18 bits per heavy atom. The summed E-state index contributed by atoms with van der Waals surface area (Å²) in [4.78, 5) is 15.7. The maximum atomic E-state index is 11.7. The van der Waals surface area contributed by atoms with Crippen molar-refractivity contribution in [3.63, 3.8) is 0 Å². The molecule has 0 atom stereocenters. The number of benzene rings is 1. The highest BCUT2D eigenvalue weighted by molar-refractivity contribution is 5.98.